The zero-order valence-corrected chi connectivity index (χ0v) is 20.3. The summed E-state index contributed by atoms with van der Waals surface area (Å²) in [6.45, 7) is 5.55. The first-order valence-electron chi connectivity index (χ1n) is 11.7. The van der Waals surface area contributed by atoms with Crippen LogP contribution in [0, 0.1) is 11.3 Å². The molecule has 9 nitrogen and oxygen atoms in total. The van der Waals surface area contributed by atoms with Gasteiger partial charge in [0.1, 0.15) is 34.2 Å². The Morgan fingerprint density at radius 3 is 2.86 bits per heavy atom. The number of fused-ring (bicyclic) bond motifs is 1. The molecule has 2 aromatic heterocycles. The van der Waals surface area contributed by atoms with Crippen LogP contribution < -0.4 is 20.9 Å². The summed E-state index contributed by atoms with van der Waals surface area (Å²) in [6.07, 6.45) is 5.18. The van der Waals surface area contributed by atoms with Crippen LogP contribution >= 0.6 is 0 Å². The minimum atomic E-state index is -0.363. The Morgan fingerprint density at radius 1 is 1.37 bits per heavy atom. The Morgan fingerprint density at radius 2 is 2.17 bits per heavy atom. The van der Waals surface area contributed by atoms with E-state index in [1.54, 1.807) is 24.3 Å². The van der Waals surface area contributed by atoms with Gasteiger partial charge in [0.2, 0.25) is 0 Å². The Bertz CT molecular complexity index is 1390. The number of Topliss-reactive ketones (excluding diaryl/α,β-unsaturated/α-hetero) is 1. The summed E-state index contributed by atoms with van der Waals surface area (Å²) in [5, 5.41) is 10.1. The molecule has 4 rings (SSSR count). The summed E-state index contributed by atoms with van der Waals surface area (Å²) in [6, 6.07) is 9.08. The average molecular weight is 475 g/mol. The lowest BCUT2D eigenvalue weighted by molar-refractivity contribution is 0.0970. The van der Waals surface area contributed by atoms with Gasteiger partial charge in [-0.05, 0) is 38.8 Å². The van der Waals surface area contributed by atoms with Gasteiger partial charge in [-0.15, -0.1) is 0 Å². The monoisotopic (exact) mass is 474 g/mol. The van der Waals surface area contributed by atoms with Gasteiger partial charge in [-0.3, -0.25) is 14.2 Å². The van der Waals surface area contributed by atoms with E-state index in [1.165, 1.54) is 18.0 Å². The minimum Gasteiger partial charge on any atom is -0.497 e. The number of hydrogen-bond acceptors (Lipinski definition) is 7. The van der Waals surface area contributed by atoms with Gasteiger partial charge in [0.05, 0.1) is 20.0 Å². The third-order valence-corrected chi connectivity index (χ3v) is 6.26. The van der Waals surface area contributed by atoms with Crippen molar-refractivity contribution >= 4 is 22.6 Å². The number of hydrogen-bond donors (Lipinski definition) is 1. The number of benzene rings is 1. The Kier molecular flexibility index (Phi) is 7.03. The molecule has 0 aliphatic carbocycles. The number of nitrogens with zero attached hydrogens (tertiary/aromatic N) is 5. The molecule has 182 valence electrons. The number of piperidine rings is 1. The topological polar surface area (TPSA) is 119 Å². The predicted molar refractivity (Wildman–Crippen MR) is 135 cm³/mol. The van der Waals surface area contributed by atoms with Crippen LogP contribution in [0.4, 0.5) is 5.82 Å². The molecule has 3 aromatic rings. The summed E-state index contributed by atoms with van der Waals surface area (Å²) >= 11 is 0. The van der Waals surface area contributed by atoms with Gasteiger partial charge < -0.3 is 19.9 Å². The fraction of sp³-hybridized carbons (Fsp3) is 0.385. The third-order valence-electron chi connectivity index (χ3n) is 6.26. The molecule has 1 aliphatic rings. The number of carbonyl (C=O) groups is 1. The summed E-state index contributed by atoms with van der Waals surface area (Å²) < 4.78 is 8.36. The fourth-order valence-corrected chi connectivity index (χ4v) is 4.49. The molecule has 0 radical (unpaired) electrons. The van der Waals surface area contributed by atoms with Crippen LogP contribution in [0.3, 0.4) is 0 Å². The molecule has 0 bridgehead atoms. The molecular weight excluding hydrogens is 444 g/mol. The van der Waals surface area contributed by atoms with Gasteiger partial charge in [0.15, 0.2) is 5.78 Å². The van der Waals surface area contributed by atoms with E-state index in [0.29, 0.717) is 46.8 Å². The Labute approximate surface area is 204 Å². The van der Waals surface area contributed by atoms with Crippen molar-refractivity contribution in [3.63, 3.8) is 0 Å². The van der Waals surface area contributed by atoms with Crippen LogP contribution in [0.25, 0.3) is 11.0 Å². The molecule has 0 saturated carbocycles. The van der Waals surface area contributed by atoms with Crippen molar-refractivity contribution in [3.8, 4) is 11.8 Å². The first-order valence-corrected chi connectivity index (χ1v) is 11.7. The molecule has 1 atom stereocenters. The number of ketones is 1. The normalized spacial score (nSPS) is 15.6. The predicted octanol–water partition coefficient (Wildman–Crippen LogP) is 2.85. The Balaban J connectivity index is 1.84. The van der Waals surface area contributed by atoms with Crippen molar-refractivity contribution < 1.29 is 9.53 Å². The minimum absolute atomic E-state index is 0.00434. The second-order valence-electron chi connectivity index (χ2n) is 9.08. The summed E-state index contributed by atoms with van der Waals surface area (Å²) in [4.78, 5) is 33.2. The van der Waals surface area contributed by atoms with E-state index in [-0.39, 0.29) is 23.9 Å². The van der Waals surface area contributed by atoms with Crippen molar-refractivity contribution in [1.82, 2.24) is 14.1 Å². The largest absolute Gasteiger partial charge is 0.497 e. The van der Waals surface area contributed by atoms with Gasteiger partial charge in [-0.1, -0.05) is 23.8 Å². The standard InChI is InChI=1S/C26H30N6O3/c1-17(2)9-11-32-24-23(21(13-27)25(32)30-10-5-7-19(28)14-30)29-16-31(26(24)34)15-22(33)18-6-4-8-20(12-18)35-3/h4,6,8-9,12,16,19H,5,7,10-11,14-15,28H2,1-3H3/t19-/m0/s1. The lowest BCUT2D eigenvalue weighted by Crippen LogP contribution is -2.44. The number of aromatic nitrogens is 3. The quantitative estimate of drug-likeness (QED) is 0.413. The van der Waals surface area contributed by atoms with E-state index >= 15 is 0 Å². The molecule has 9 heteroatoms. The van der Waals surface area contributed by atoms with Crippen molar-refractivity contribution in [1.29, 1.82) is 5.26 Å². The second kappa shape index (κ2) is 10.2. The van der Waals surface area contributed by atoms with Gasteiger partial charge in [-0.25, -0.2) is 4.98 Å². The lowest BCUT2D eigenvalue weighted by Gasteiger charge is -2.33. The number of ether oxygens (including phenoxy) is 1. The highest BCUT2D eigenvalue weighted by Crippen LogP contribution is 2.31. The zero-order chi connectivity index (χ0) is 25.1. The van der Waals surface area contributed by atoms with E-state index in [4.69, 9.17) is 10.5 Å². The Hall–Kier alpha value is -3.90. The number of rotatable bonds is 7. The summed E-state index contributed by atoms with van der Waals surface area (Å²) in [5.41, 5.74) is 8.42. The molecule has 0 spiro atoms. The van der Waals surface area contributed by atoms with Crippen molar-refractivity contribution in [2.24, 2.45) is 5.73 Å². The van der Waals surface area contributed by atoms with Gasteiger partial charge in [-0.2, -0.15) is 5.26 Å². The molecule has 3 heterocycles. The molecule has 0 amide bonds. The molecule has 1 saturated heterocycles. The first kappa shape index (κ1) is 24.2. The highest BCUT2D eigenvalue weighted by Gasteiger charge is 2.28. The number of anilines is 1. The smallest absolute Gasteiger partial charge is 0.278 e. The highest BCUT2D eigenvalue weighted by atomic mass is 16.5. The average Bonchev–Trinajstić information content (AvgIpc) is 3.18. The zero-order valence-electron chi connectivity index (χ0n) is 20.3. The molecule has 2 N–H and O–H groups in total. The molecule has 1 aromatic carbocycles. The van der Waals surface area contributed by atoms with Crippen molar-refractivity contribution in [2.75, 3.05) is 25.1 Å². The maximum absolute atomic E-state index is 13.7. The summed E-state index contributed by atoms with van der Waals surface area (Å²) in [5.74, 6) is 0.990. The maximum atomic E-state index is 13.7. The number of nitriles is 1. The van der Waals surface area contributed by atoms with E-state index < -0.39 is 0 Å². The van der Waals surface area contributed by atoms with Gasteiger partial charge in [0, 0.05) is 31.2 Å². The van der Waals surface area contributed by atoms with Crippen LogP contribution in [0.5, 0.6) is 5.75 Å². The first-order chi connectivity index (χ1) is 16.8. The number of nitrogens with two attached hydrogens (primary N) is 1. The maximum Gasteiger partial charge on any atom is 0.278 e. The number of allylic oxidation sites excluding steroid dienone is 2. The number of carbonyl (C=O) groups excluding carboxylic acids is 1. The molecular formula is C26H30N6O3. The third kappa shape index (κ3) is 4.84. The van der Waals surface area contributed by atoms with Crippen LogP contribution in [-0.2, 0) is 13.1 Å². The van der Waals surface area contributed by atoms with Crippen LogP contribution in [0.2, 0.25) is 0 Å². The van der Waals surface area contributed by atoms with E-state index in [0.717, 1.165) is 25.0 Å². The molecule has 1 fully saturated rings. The molecule has 0 unspecified atom stereocenters. The van der Waals surface area contributed by atoms with E-state index in [9.17, 15) is 14.9 Å². The summed E-state index contributed by atoms with van der Waals surface area (Å²) in [7, 11) is 1.53. The number of methoxy groups -OCH3 is 1. The second-order valence-corrected chi connectivity index (χ2v) is 9.08. The van der Waals surface area contributed by atoms with Crippen LogP contribution in [0.15, 0.2) is 47.0 Å². The fourth-order valence-electron chi connectivity index (χ4n) is 4.49. The van der Waals surface area contributed by atoms with Crippen molar-refractivity contribution in [2.45, 2.75) is 45.8 Å². The van der Waals surface area contributed by atoms with Crippen LogP contribution in [-0.4, -0.2) is 46.1 Å². The molecule has 35 heavy (non-hydrogen) atoms. The van der Waals surface area contributed by atoms with Gasteiger partial charge >= 0.3 is 0 Å². The van der Waals surface area contributed by atoms with E-state index in [2.05, 4.69) is 16.0 Å². The van der Waals surface area contributed by atoms with E-state index in [1.807, 2.05) is 24.5 Å². The van der Waals surface area contributed by atoms with Crippen LogP contribution in [0.1, 0.15) is 42.6 Å². The van der Waals surface area contributed by atoms with Crippen molar-refractivity contribution in [3.05, 3.63) is 63.7 Å². The lowest BCUT2D eigenvalue weighted by atomic mass is 10.1. The molecule has 1 aliphatic heterocycles. The highest BCUT2D eigenvalue weighted by molar-refractivity contribution is 5.96. The van der Waals surface area contributed by atoms with Gasteiger partial charge in [0.25, 0.3) is 5.56 Å². The SMILES string of the molecule is COc1cccc(C(=O)Cn2cnc3c(C#N)c(N4CCC[C@H](N)C4)n(CC=C(C)C)c3c2=O)c1.